The molecule has 0 aromatic heterocycles. The Balaban J connectivity index is 1.80. The summed E-state index contributed by atoms with van der Waals surface area (Å²) in [6.45, 7) is 2.79. The summed E-state index contributed by atoms with van der Waals surface area (Å²) < 4.78 is 41.7. The minimum absolute atomic E-state index is 0.113. The van der Waals surface area contributed by atoms with Crippen LogP contribution in [-0.4, -0.2) is 39.0 Å². The summed E-state index contributed by atoms with van der Waals surface area (Å²) in [6, 6.07) is 14.2. The maximum atomic E-state index is 13.4. The van der Waals surface area contributed by atoms with Crippen LogP contribution in [0.3, 0.4) is 0 Å². The van der Waals surface area contributed by atoms with Gasteiger partial charge in [-0.15, -0.1) is 0 Å². The van der Waals surface area contributed by atoms with Gasteiger partial charge in [-0.2, -0.15) is 0 Å². The Hall–Kier alpha value is -1.92. The van der Waals surface area contributed by atoms with Gasteiger partial charge in [0, 0.05) is 6.54 Å². The number of benzene rings is 2. The van der Waals surface area contributed by atoms with E-state index < -0.39 is 10.0 Å². The molecule has 0 radical (unpaired) electrons. The second kappa shape index (κ2) is 6.42. The molecule has 132 valence electrons. The van der Waals surface area contributed by atoms with Gasteiger partial charge in [-0.25, -0.2) is 12.8 Å². The SMILES string of the molecule is O=S(=O)(c1ccccc1)N(c1ccc(F)cc1)[C@H]1CN2CCC1CC2. The predicted molar refractivity (Wildman–Crippen MR) is 95.5 cm³/mol. The minimum atomic E-state index is -3.70. The normalized spacial score (nSPS) is 25.7. The molecule has 25 heavy (non-hydrogen) atoms. The van der Waals surface area contributed by atoms with E-state index in [0.29, 0.717) is 11.6 Å². The molecule has 3 fully saturated rings. The molecular formula is C19H21FN2O2S. The molecule has 0 saturated carbocycles. The van der Waals surface area contributed by atoms with Crippen LogP contribution in [-0.2, 0) is 10.0 Å². The van der Waals surface area contributed by atoms with Gasteiger partial charge in [-0.05, 0) is 68.2 Å². The van der Waals surface area contributed by atoms with Crippen LogP contribution in [0.5, 0.6) is 0 Å². The van der Waals surface area contributed by atoms with Gasteiger partial charge in [-0.1, -0.05) is 18.2 Å². The summed E-state index contributed by atoms with van der Waals surface area (Å²) >= 11 is 0. The van der Waals surface area contributed by atoms with Crippen molar-refractivity contribution in [2.75, 3.05) is 23.9 Å². The third-order valence-electron chi connectivity index (χ3n) is 5.30. The molecule has 0 aliphatic carbocycles. The number of hydrogen-bond donors (Lipinski definition) is 0. The highest BCUT2D eigenvalue weighted by Gasteiger charge is 2.42. The van der Waals surface area contributed by atoms with Crippen LogP contribution in [0.25, 0.3) is 0 Å². The van der Waals surface area contributed by atoms with Gasteiger partial charge in [0.25, 0.3) is 10.0 Å². The molecule has 0 spiro atoms. The van der Waals surface area contributed by atoms with Crippen molar-refractivity contribution >= 4 is 15.7 Å². The van der Waals surface area contributed by atoms with Gasteiger partial charge in [0.05, 0.1) is 16.6 Å². The van der Waals surface area contributed by atoms with Crippen molar-refractivity contribution in [3.05, 3.63) is 60.4 Å². The van der Waals surface area contributed by atoms with E-state index in [1.165, 1.54) is 16.4 Å². The van der Waals surface area contributed by atoms with Crippen molar-refractivity contribution in [2.45, 2.75) is 23.8 Å². The molecule has 3 saturated heterocycles. The molecule has 0 unspecified atom stereocenters. The zero-order valence-corrected chi connectivity index (χ0v) is 14.7. The molecule has 0 N–H and O–H groups in total. The fourth-order valence-electron chi connectivity index (χ4n) is 4.00. The third kappa shape index (κ3) is 3.04. The van der Waals surface area contributed by atoms with E-state index in [1.807, 2.05) is 0 Å². The second-order valence-corrected chi connectivity index (χ2v) is 8.61. The Kier molecular flexibility index (Phi) is 4.25. The highest BCUT2D eigenvalue weighted by molar-refractivity contribution is 7.92. The third-order valence-corrected chi connectivity index (χ3v) is 7.17. The fraction of sp³-hybridized carbons (Fsp3) is 0.368. The van der Waals surface area contributed by atoms with Crippen LogP contribution in [0.4, 0.5) is 10.1 Å². The molecule has 3 aliphatic rings. The Bertz CT molecular complexity index is 831. The van der Waals surface area contributed by atoms with Crippen LogP contribution in [0.1, 0.15) is 12.8 Å². The maximum Gasteiger partial charge on any atom is 0.264 e. The molecule has 2 aromatic rings. The lowest BCUT2D eigenvalue weighted by Crippen LogP contribution is -2.58. The number of rotatable bonds is 4. The monoisotopic (exact) mass is 360 g/mol. The molecule has 0 amide bonds. The molecule has 3 heterocycles. The van der Waals surface area contributed by atoms with Crippen molar-refractivity contribution in [3.8, 4) is 0 Å². The lowest BCUT2D eigenvalue weighted by Gasteiger charge is -2.49. The number of anilines is 1. The summed E-state index contributed by atoms with van der Waals surface area (Å²) in [5.74, 6) is -0.0248. The summed E-state index contributed by atoms with van der Waals surface area (Å²) in [6.07, 6.45) is 2.01. The smallest absolute Gasteiger partial charge is 0.264 e. The standard InChI is InChI=1S/C19H21FN2O2S/c20-16-6-8-17(9-7-16)22(19-14-21-12-10-15(19)11-13-21)25(23,24)18-4-2-1-3-5-18/h1-9,15,19H,10-14H2/t19-/m0/s1. The van der Waals surface area contributed by atoms with E-state index in [1.54, 1.807) is 42.5 Å². The quantitative estimate of drug-likeness (QED) is 0.841. The number of halogens is 1. The Morgan fingerprint density at radius 1 is 0.960 bits per heavy atom. The number of nitrogens with zero attached hydrogens (tertiary/aromatic N) is 2. The van der Waals surface area contributed by atoms with E-state index in [-0.39, 0.29) is 16.8 Å². The average molecular weight is 360 g/mol. The molecular weight excluding hydrogens is 339 g/mol. The second-order valence-electron chi connectivity index (χ2n) is 6.80. The van der Waals surface area contributed by atoms with Crippen molar-refractivity contribution in [1.29, 1.82) is 0 Å². The maximum absolute atomic E-state index is 13.4. The highest BCUT2D eigenvalue weighted by atomic mass is 32.2. The van der Waals surface area contributed by atoms with E-state index in [2.05, 4.69) is 4.90 Å². The van der Waals surface area contributed by atoms with Crippen LogP contribution in [0.15, 0.2) is 59.5 Å². The van der Waals surface area contributed by atoms with Crippen molar-refractivity contribution < 1.29 is 12.8 Å². The van der Waals surface area contributed by atoms with Gasteiger partial charge in [0.2, 0.25) is 0 Å². The molecule has 5 rings (SSSR count). The summed E-state index contributed by atoms with van der Waals surface area (Å²) in [5.41, 5.74) is 0.531. The largest absolute Gasteiger partial charge is 0.301 e. The number of sulfonamides is 1. The highest BCUT2D eigenvalue weighted by Crippen LogP contribution is 2.36. The number of piperidine rings is 3. The number of hydrogen-bond acceptors (Lipinski definition) is 3. The first kappa shape index (κ1) is 16.5. The summed E-state index contributed by atoms with van der Waals surface area (Å²) in [7, 11) is -3.70. The van der Waals surface area contributed by atoms with Crippen molar-refractivity contribution in [1.82, 2.24) is 4.90 Å². The molecule has 4 nitrogen and oxygen atoms in total. The van der Waals surface area contributed by atoms with Crippen molar-refractivity contribution in [3.63, 3.8) is 0 Å². The lowest BCUT2D eigenvalue weighted by molar-refractivity contribution is 0.0915. The van der Waals surface area contributed by atoms with E-state index >= 15 is 0 Å². The van der Waals surface area contributed by atoms with Crippen LogP contribution in [0.2, 0.25) is 0 Å². The topological polar surface area (TPSA) is 40.6 Å². The molecule has 2 aromatic carbocycles. The van der Waals surface area contributed by atoms with Crippen LogP contribution in [0, 0.1) is 11.7 Å². The predicted octanol–water partition coefficient (Wildman–Crippen LogP) is 3.12. The molecule has 6 heteroatoms. The Morgan fingerprint density at radius 2 is 1.60 bits per heavy atom. The summed E-state index contributed by atoms with van der Waals surface area (Å²) in [5, 5.41) is 0. The summed E-state index contributed by atoms with van der Waals surface area (Å²) in [4.78, 5) is 2.59. The zero-order chi connectivity index (χ0) is 17.4. The fourth-order valence-corrected chi connectivity index (χ4v) is 5.72. The van der Waals surface area contributed by atoms with E-state index in [9.17, 15) is 12.8 Å². The molecule has 2 bridgehead atoms. The molecule has 3 aliphatic heterocycles. The van der Waals surface area contributed by atoms with Crippen LogP contribution >= 0.6 is 0 Å². The first-order valence-corrected chi connectivity index (χ1v) is 10.1. The first-order chi connectivity index (χ1) is 12.1. The lowest BCUT2D eigenvalue weighted by atomic mass is 9.84. The van der Waals surface area contributed by atoms with E-state index in [0.717, 1.165) is 32.5 Å². The van der Waals surface area contributed by atoms with Gasteiger partial charge in [0.1, 0.15) is 5.82 Å². The van der Waals surface area contributed by atoms with Crippen LogP contribution < -0.4 is 4.31 Å². The van der Waals surface area contributed by atoms with Gasteiger partial charge < -0.3 is 4.90 Å². The first-order valence-electron chi connectivity index (χ1n) is 8.63. The molecule has 1 atom stereocenters. The van der Waals surface area contributed by atoms with Gasteiger partial charge >= 0.3 is 0 Å². The average Bonchev–Trinajstić information content (AvgIpc) is 2.65. The van der Waals surface area contributed by atoms with Gasteiger partial charge in [-0.3, -0.25) is 4.31 Å². The zero-order valence-electron chi connectivity index (χ0n) is 13.9. The Morgan fingerprint density at radius 3 is 2.16 bits per heavy atom. The van der Waals surface area contributed by atoms with Crippen molar-refractivity contribution in [2.24, 2.45) is 5.92 Å². The minimum Gasteiger partial charge on any atom is -0.301 e. The van der Waals surface area contributed by atoms with Gasteiger partial charge in [0.15, 0.2) is 0 Å². The van der Waals surface area contributed by atoms with E-state index in [4.69, 9.17) is 0 Å². The number of fused-ring (bicyclic) bond motifs is 3. The Labute approximate surface area is 147 Å².